The van der Waals surface area contributed by atoms with E-state index >= 15 is 0 Å². The molecule has 0 aliphatic rings. The summed E-state index contributed by atoms with van der Waals surface area (Å²) in [6.45, 7) is 1.86. The molecule has 1 aromatic heterocycles. The molecule has 0 aliphatic heterocycles. The molecule has 0 spiro atoms. The Morgan fingerprint density at radius 3 is 2.73 bits per heavy atom. The summed E-state index contributed by atoms with van der Waals surface area (Å²) in [4.78, 5) is 24.5. The van der Waals surface area contributed by atoms with E-state index in [2.05, 4.69) is 20.4 Å². The number of nitrogens with zero attached hydrogens (tertiary/aromatic N) is 2. The van der Waals surface area contributed by atoms with Crippen LogP contribution in [0.1, 0.15) is 32.6 Å². The van der Waals surface area contributed by atoms with E-state index < -0.39 is 11.8 Å². The van der Waals surface area contributed by atoms with Gasteiger partial charge in [0.2, 0.25) is 0 Å². The number of amides is 2. The maximum Gasteiger partial charge on any atom is 0.283 e. The molecule has 116 valence electrons. The number of halogens is 1. The Morgan fingerprint density at radius 2 is 2.05 bits per heavy atom. The van der Waals surface area contributed by atoms with Crippen molar-refractivity contribution in [2.75, 3.05) is 7.11 Å². The number of aryl methyl sites for hydroxylation is 1. The molecule has 22 heavy (non-hydrogen) atoms. The largest absolute Gasteiger partial charge is 0.496 e. The lowest BCUT2D eigenvalue weighted by molar-refractivity contribution is 0.0846. The minimum absolute atomic E-state index is 0.216. The predicted molar refractivity (Wildman–Crippen MR) is 82.2 cm³/mol. The number of ether oxygens (including phenoxy) is 1. The van der Waals surface area contributed by atoms with Crippen molar-refractivity contribution in [3.63, 3.8) is 0 Å². The van der Waals surface area contributed by atoms with Crippen molar-refractivity contribution in [1.82, 2.24) is 20.4 Å². The lowest BCUT2D eigenvalue weighted by Gasteiger charge is -2.10. The third kappa shape index (κ3) is 3.52. The second-order valence-electron chi connectivity index (χ2n) is 4.16. The Labute approximate surface area is 135 Å². The highest BCUT2D eigenvalue weighted by molar-refractivity contribution is 7.08. The second-order valence-corrected chi connectivity index (χ2v) is 5.35. The molecule has 1 aromatic carbocycles. The van der Waals surface area contributed by atoms with Crippen LogP contribution in [0.5, 0.6) is 5.75 Å². The van der Waals surface area contributed by atoms with Crippen LogP contribution < -0.4 is 15.6 Å². The monoisotopic (exact) mass is 340 g/mol. The van der Waals surface area contributed by atoms with Crippen LogP contribution in [0.25, 0.3) is 0 Å². The van der Waals surface area contributed by atoms with Gasteiger partial charge >= 0.3 is 0 Å². The molecular formula is C13H13ClN4O3S. The van der Waals surface area contributed by atoms with Crippen LogP contribution in [0.4, 0.5) is 0 Å². The maximum absolute atomic E-state index is 12.1. The summed E-state index contributed by atoms with van der Waals surface area (Å²) in [5.41, 5.74) is 5.43. The number of hydrazine groups is 1. The van der Waals surface area contributed by atoms with Crippen molar-refractivity contribution in [1.29, 1.82) is 0 Å². The van der Waals surface area contributed by atoms with E-state index in [0.29, 0.717) is 27.8 Å². The quantitative estimate of drug-likeness (QED) is 0.828. The molecule has 0 aliphatic carbocycles. The summed E-state index contributed by atoms with van der Waals surface area (Å²) >= 11 is 6.83. The van der Waals surface area contributed by atoms with Crippen LogP contribution >= 0.6 is 23.1 Å². The zero-order valence-electron chi connectivity index (χ0n) is 11.8. The van der Waals surface area contributed by atoms with Gasteiger partial charge in [-0.05, 0) is 36.2 Å². The van der Waals surface area contributed by atoms with Gasteiger partial charge in [0.05, 0.1) is 18.4 Å². The van der Waals surface area contributed by atoms with Crippen molar-refractivity contribution in [3.8, 4) is 5.75 Å². The SMILES string of the molecule is CCc1nnsc1C(=O)NNC(=O)c1cc(Cl)ccc1OC. The lowest BCUT2D eigenvalue weighted by atomic mass is 10.2. The van der Waals surface area contributed by atoms with Gasteiger partial charge in [0.25, 0.3) is 11.8 Å². The highest BCUT2D eigenvalue weighted by atomic mass is 35.5. The molecule has 0 fully saturated rings. The third-order valence-corrected chi connectivity index (χ3v) is 3.79. The molecule has 0 saturated carbocycles. The number of nitrogens with one attached hydrogen (secondary N) is 2. The number of hydrogen-bond donors (Lipinski definition) is 2. The Morgan fingerprint density at radius 1 is 1.32 bits per heavy atom. The smallest absolute Gasteiger partial charge is 0.283 e. The summed E-state index contributed by atoms with van der Waals surface area (Å²) < 4.78 is 8.81. The fraction of sp³-hybridized carbons (Fsp3) is 0.231. The molecule has 9 heteroatoms. The van der Waals surface area contributed by atoms with Crippen LogP contribution in [0.2, 0.25) is 5.02 Å². The lowest BCUT2D eigenvalue weighted by Crippen LogP contribution is -2.41. The van der Waals surface area contributed by atoms with Gasteiger partial charge < -0.3 is 4.74 Å². The van der Waals surface area contributed by atoms with Crippen molar-refractivity contribution < 1.29 is 14.3 Å². The second kappa shape index (κ2) is 7.19. The number of benzene rings is 1. The highest BCUT2D eigenvalue weighted by Gasteiger charge is 2.17. The molecule has 0 radical (unpaired) electrons. The van der Waals surface area contributed by atoms with Gasteiger partial charge in [-0.1, -0.05) is 23.0 Å². The number of carbonyl (C=O) groups excluding carboxylic acids is 2. The topological polar surface area (TPSA) is 93.2 Å². The Balaban J connectivity index is 2.07. The van der Waals surface area contributed by atoms with Gasteiger partial charge in [0, 0.05) is 5.02 Å². The van der Waals surface area contributed by atoms with Crippen molar-refractivity contribution >= 4 is 34.9 Å². The third-order valence-electron chi connectivity index (χ3n) is 2.79. The van der Waals surface area contributed by atoms with Gasteiger partial charge in [0.15, 0.2) is 0 Å². The molecule has 0 bridgehead atoms. The molecular weight excluding hydrogens is 328 g/mol. The van der Waals surface area contributed by atoms with Crippen LogP contribution in [0.15, 0.2) is 18.2 Å². The van der Waals surface area contributed by atoms with Crippen molar-refractivity contribution in [3.05, 3.63) is 39.4 Å². The zero-order chi connectivity index (χ0) is 16.1. The van der Waals surface area contributed by atoms with E-state index in [4.69, 9.17) is 16.3 Å². The first-order valence-electron chi connectivity index (χ1n) is 6.32. The first-order chi connectivity index (χ1) is 10.6. The standard InChI is InChI=1S/C13H13ClN4O3S/c1-3-9-11(22-18-15-9)13(20)17-16-12(19)8-6-7(14)4-5-10(8)21-2/h4-6H,3H2,1-2H3,(H,16,19)(H,17,20). The van der Waals surface area contributed by atoms with Crippen molar-refractivity contribution in [2.45, 2.75) is 13.3 Å². The van der Waals surface area contributed by atoms with Crippen LogP contribution in [0, 0.1) is 0 Å². The minimum atomic E-state index is -0.539. The minimum Gasteiger partial charge on any atom is -0.496 e. The molecule has 2 rings (SSSR count). The fourth-order valence-corrected chi connectivity index (χ4v) is 2.53. The van der Waals surface area contributed by atoms with Gasteiger partial charge in [-0.3, -0.25) is 20.4 Å². The summed E-state index contributed by atoms with van der Waals surface area (Å²) in [6, 6.07) is 4.63. The number of carbonyl (C=O) groups is 2. The van der Waals surface area contributed by atoms with Gasteiger partial charge in [-0.15, -0.1) is 5.10 Å². The van der Waals surface area contributed by atoms with Crippen LogP contribution in [0.3, 0.4) is 0 Å². The van der Waals surface area contributed by atoms with Gasteiger partial charge in [0.1, 0.15) is 10.6 Å². The van der Waals surface area contributed by atoms with Gasteiger partial charge in [-0.25, -0.2) is 0 Å². The Kier molecular flexibility index (Phi) is 5.29. The van der Waals surface area contributed by atoms with E-state index in [1.54, 1.807) is 12.1 Å². The van der Waals surface area contributed by atoms with E-state index in [1.165, 1.54) is 13.2 Å². The average Bonchev–Trinajstić information content (AvgIpc) is 3.00. The fourth-order valence-electron chi connectivity index (χ4n) is 1.71. The molecule has 2 N–H and O–H groups in total. The Bertz CT molecular complexity index is 704. The van der Waals surface area contributed by atoms with Gasteiger partial charge in [-0.2, -0.15) is 0 Å². The highest BCUT2D eigenvalue weighted by Crippen LogP contribution is 2.22. The molecule has 0 atom stereocenters. The predicted octanol–water partition coefficient (Wildman–Crippen LogP) is 1.84. The Hall–Kier alpha value is -2.19. The molecule has 0 unspecified atom stereocenters. The number of rotatable bonds is 4. The molecule has 2 aromatic rings. The first kappa shape index (κ1) is 16.2. The number of methoxy groups -OCH3 is 1. The van der Waals surface area contributed by atoms with Crippen molar-refractivity contribution in [2.24, 2.45) is 0 Å². The summed E-state index contributed by atoms with van der Waals surface area (Å²) in [5, 5.41) is 4.22. The molecule has 7 nitrogen and oxygen atoms in total. The maximum atomic E-state index is 12.1. The molecule has 0 saturated heterocycles. The first-order valence-corrected chi connectivity index (χ1v) is 7.47. The zero-order valence-corrected chi connectivity index (χ0v) is 13.4. The van der Waals surface area contributed by atoms with E-state index in [0.717, 1.165) is 11.5 Å². The molecule has 2 amide bonds. The summed E-state index contributed by atoms with van der Waals surface area (Å²) in [6.07, 6.45) is 0.579. The van der Waals surface area contributed by atoms with Crippen LogP contribution in [-0.2, 0) is 6.42 Å². The van der Waals surface area contributed by atoms with E-state index in [-0.39, 0.29) is 5.56 Å². The van der Waals surface area contributed by atoms with Crippen LogP contribution in [-0.4, -0.2) is 28.5 Å². The molecule has 1 heterocycles. The number of hydrogen-bond acceptors (Lipinski definition) is 6. The normalized spacial score (nSPS) is 10.1. The summed E-state index contributed by atoms with van der Waals surface area (Å²) in [7, 11) is 1.44. The van der Waals surface area contributed by atoms with E-state index in [9.17, 15) is 9.59 Å². The number of aromatic nitrogens is 2. The van der Waals surface area contributed by atoms with E-state index in [1.807, 2.05) is 6.92 Å². The summed E-state index contributed by atoms with van der Waals surface area (Å²) in [5.74, 6) is -0.658. The average molecular weight is 341 g/mol.